The van der Waals surface area contributed by atoms with Crippen LogP contribution in [-0.4, -0.2) is 30.9 Å². The van der Waals surface area contributed by atoms with Crippen LogP contribution in [0.15, 0.2) is 29.3 Å². The third-order valence-electron chi connectivity index (χ3n) is 2.77. The van der Waals surface area contributed by atoms with Gasteiger partial charge in [-0.2, -0.15) is 0 Å². The van der Waals surface area contributed by atoms with E-state index in [-0.39, 0.29) is 24.3 Å². The topological polar surface area (TPSA) is 79.8 Å². The number of hydrogen-bond donors (Lipinski definition) is 2. The maximum atomic E-state index is 11.7. The van der Waals surface area contributed by atoms with Crippen LogP contribution in [0.5, 0.6) is 5.75 Å². The van der Waals surface area contributed by atoms with E-state index in [1.165, 1.54) is 0 Å². The second kappa shape index (κ2) is 6.70. The molecule has 0 bridgehead atoms. The summed E-state index contributed by atoms with van der Waals surface area (Å²) in [4.78, 5) is 26.4. The minimum Gasteiger partial charge on any atom is -0.494 e. The minimum absolute atomic E-state index is 0.0779. The Bertz CT molecular complexity index is 523. The van der Waals surface area contributed by atoms with Crippen molar-refractivity contribution in [1.29, 1.82) is 0 Å². The maximum Gasteiger partial charge on any atom is 0.248 e. The van der Waals surface area contributed by atoms with Gasteiger partial charge in [0.15, 0.2) is 0 Å². The third-order valence-corrected chi connectivity index (χ3v) is 2.77. The van der Waals surface area contributed by atoms with E-state index in [1.54, 1.807) is 0 Å². The molecule has 0 atom stereocenters. The van der Waals surface area contributed by atoms with Crippen LogP contribution >= 0.6 is 0 Å². The van der Waals surface area contributed by atoms with Gasteiger partial charge >= 0.3 is 0 Å². The lowest BCUT2D eigenvalue weighted by molar-refractivity contribution is -0.119. The number of carbonyl (C=O) groups is 2. The Balaban J connectivity index is 1.76. The zero-order valence-corrected chi connectivity index (χ0v) is 11.3. The Morgan fingerprint density at radius 3 is 2.75 bits per heavy atom. The van der Waals surface area contributed by atoms with E-state index in [1.807, 2.05) is 31.2 Å². The van der Waals surface area contributed by atoms with E-state index in [0.29, 0.717) is 19.4 Å². The molecule has 106 valence electrons. The lowest BCUT2D eigenvalue weighted by atomic mass is 10.1. The van der Waals surface area contributed by atoms with Crippen LogP contribution in [0.4, 0.5) is 0 Å². The van der Waals surface area contributed by atoms with E-state index in [9.17, 15) is 9.59 Å². The first kappa shape index (κ1) is 14.0. The number of carbonyl (C=O) groups excluding carboxylic acids is 2. The number of guanidine groups is 1. The molecule has 0 aromatic heterocycles. The summed E-state index contributed by atoms with van der Waals surface area (Å²) < 4.78 is 5.35. The molecule has 0 radical (unpaired) electrons. The van der Waals surface area contributed by atoms with Gasteiger partial charge < -0.3 is 4.74 Å². The van der Waals surface area contributed by atoms with Crippen LogP contribution in [0.3, 0.4) is 0 Å². The molecule has 1 heterocycles. The molecule has 2 amide bonds. The van der Waals surface area contributed by atoms with E-state index in [2.05, 4.69) is 15.6 Å². The van der Waals surface area contributed by atoms with Crippen LogP contribution in [0.25, 0.3) is 0 Å². The molecule has 2 N–H and O–H groups in total. The average Bonchev–Trinajstić information content (AvgIpc) is 2.84. The van der Waals surface area contributed by atoms with E-state index in [4.69, 9.17) is 4.74 Å². The predicted octanol–water partition coefficient (Wildman–Crippen LogP) is 0.620. The first-order valence-electron chi connectivity index (χ1n) is 6.53. The number of ether oxygens (including phenoxy) is 1. The molecule has 0 fully saturated rings. The maximum absolute atomic E-state index is 11.7. The van der Waals surface area contributed by atoms with Gasteiger partial charge in [0, 0.05) is 6.42 Å². The lowest BCUT2D eigenvalue weighted by Crippen LogP contribution is -2.40. The van der Waals surface area contributed by atoms with Crippen molar-refractivity contribution in [1.82, 2.24) is 10.6 Å². The van der Waals surface area contributed by atoms with Gasteiger partial charge in [-0.15, -0.1) is 0 Å². The molecular formula is C14H17N3O3. The molecule has 6 heteroatoms. The van der Waals surface area contributed by atoms with Crippen LogP contribution < -0.4 is 15.4 Å². The molecule has 20 heavy (non-hydrogen) atoms. The highest BCUT2D eigenvalue weighted by molar-refractivity contribution is 6.08. The molecule has 6 nitrogen and oxygen atoms in total. The number of benzene rings is 1. The molecule has 1 aliphatic rings. The van der Waals surface area contributed by atoms with Gasteiger partial charge in [0.1, 0.15) is 12.3 Å². The molecule has 0 unspecified atom stereocenters. The van der Waals surface area contributed by atoms with Gasteiger partial charge in [-0.05, 0) is 31.0 Å². The average molecular weight is 275 g/mol. The Hall–Kier alpha value is -2.37. The molecule has 0 saturated carbocycles. The van der Waals surface area contributed by atoms with Crippen molar-refractivity contribution >= 4 is 17.8 Å². The number of aliphatic imine (C=N–C) groups is 1. The number of rotatable bonds is 5. The van der Waals surface area contributed by atoms with Crippen molar-refractivity contribution in [2.24, 2.45) is 4.99 Å². The monoisotopic (exact) mass is 275 g/mol. The smallest absolute Gasteiger partial charge is 0.248 e. The predicted molar refractivity (Wildman–Crippen MR) is 74.5 cm³/mol. The largest absolute Gasteiger partial charge is 0.494 e. The van der Waals surface area contributed by atoms with Crippen LogP contribution in [0.1, 0.15) is 18.9 Å². The summed E-state index contributed by atoms with van der Waals surface area (Å²) >= 11 is 0. The van der Waals surface area contributed by atoms with Gasteiger partial charge in [-0.25, -0.2) is 4.99 Å². The summed E-state index contributed by atoms with van der Waals surface area (Å²) in [6, 6.07) is 7.65. The Labute approximate surface area is 117 Å². The fraction of sp³-hybridized carbons (Fsp3) is 0.357. The second-order valence-electron chi connectivity index (χ2n) is 4.34. The molecule has 0 saturated heterocycles. The number of aryl methyl sites for hydroxylation is 1. The molecule has 0 aliphatic carbocycles. The SMILES string of the molecule is CCOc1ccc(CCC(=O)NC2=NCC(=O)N2)cc1. The minimum atomic E-state index is -0.202. The second-order valence-corrected chi connectivity index (χ2v) is 4.34. The summed E-state index contributed by atoms with van der Waals surface area (Å²) in [5, 5.41) is 5.03. The van der Waals surface area contributed by atoms with Crippen molar-refractivity contribution < 1.29 is 14.3 Å². The van der Waals surface area contributed by atoms with Crippen molar-refractivity contribution in [2.75, 3.05) is 13.2 Å². The zero-order chi connectivity index (χ0) is 14.4. The molecule has 0 spiro atoms. The third kappa shape index (κ3) is 4.08. The van der Waals surface area contributed by atoms with Crippen LogP contribution in [0, 0.1) is 0 Å². The number of hydrogen-bond acceptors (Lipinski definition) is 4. The Kier molecular flexibility index (Phi) is 4.70. The molecule has 1 aromatic carbocycles. The van der Waals surface area contributed by atoms with E-state index in [0.717, 1.165) is 11.3 Å². The van der Waals surface area contributed by atoms with Gasteiger partial charge in [-0.3, -0.25) is 20.2 Å². The van der Waals surface area contributed by atoms with E-state index >= 15 is 0 Å². The number of nitrogens with one attached hydrogen (secondary N) is 2. The molecule has 1 aliphatic heterocycles. The summed E-state index contributed by atoms with van der Waals surface area (Å²) in [5.41, 5.74) is 1.06. The highest BCUT2D eigenvalue weighted by Gasteiger charge is 2.15. The highest BCUT2D eigenvalue weighted by atomic mass is 16.5. The Morgan fingerprint density at radius 2 is 2.15 bits per heavy atom. The number of amides is 2. The fourth-order valence-corrected chi connectivity index (χ4v) is 1.80. The normalized spacial score (nSPS) is 13.7. The zero-order valence-electron chi connectivity index (χ0n) is 11.3. The van der Waals surface area contributed by atoms with Crippen molar-refractivity contribution in [2.45, 2.75) is 19.8 Å². The van der Waals surface area contributed by atoms with Gasteiger partial charge in [-0.1, -0.05) is 12.1 Å². The molecular weight excluding hydrogens is 258 g/mol. The summed E-state index contributed by atoms with van der Waals surface area (Å²) in [5.74, 6) is 0.696. The summed E-state index contributed by atoms with van der Waals surface area (Å²) in [7, 11) is 0. The summed E-state index contributed by atoms with van der Waals surface area (Å²) in [6.45, 7) is 2.65. The molecule has 1 aromatic rings. The first-order chi connectivity index (χ1) is 9.67. The summed E-state index contributed by atoms with van der Waals surface area (Å²) in [6.07, 6.45) is 0.961. The van der Waals surface area contributed by atoms with Crippen molar-refractivity contribution in [3.8, 4) is 5.75 Å². The van der Waals surface area contributed by atoms with Gasteiger partial charge in [0.05, 0.1) is 6.61 Å². The lowest BCUT2D eigenvalue weighted by Gasteiger charge is -2.06. The number of nitrogens with zero attached hydrogens (tertiary/aromatic N) is 1. The van der Waals surface area contributed by atoms with Crippen molar-refractivity contribution in [3.05, 3.63) is 29.8 Å². The van der Waals surface area contributed by atoms with Gasteiger partial charge in [0.25, 0.3) is 0 Å². The standard InChI is InChI=1S/C14H17N3O3/c1-2-20-11-6-3-10(4-7-11)5-8-12(18)16-14-15-9-13(19)17-14/h3-4,6-7H,2,5,8-9H2,1H3,(H2,15,16,17,18,19). The molecule has 2 rings (SSSR count). The van der Waals surface area contributed by atoms with Crippen LogP contribution in [0.2, 0.25) is 0 Å². The fourth-order valence-electron chi connectivity index (χ4n) is 1.80. The van der Waals surface area contributed by atoms with Crippen molar-refractivity contribution in [3.63, 3.8) is 0 Å². The van der Waals surface area contributed by atoms with Crippen LogP contribution in [-0.2, 0) is 16.0 Å². The first-order valence-corrected chi connectivity index (χ1v) is 6.53. The van der Waals surface area contributed by atoms with Gasteiger partial charge in [0.2, 0.25) is 17.8 Å². The highest BCUT2D eigenvalue weighted by Crippen LogP contribution is 2.13. The van der Waals surface area contributed by atoms with E-state index < -0.39 is 0 Å². The quantitative estimate of drug-likeness (QED) is 0.826. The Morgan fingerprint density at radius 1 is 1.40 bits per heavy atom.